The van der Waals surface area contributed by atoms with E-state index >= 15 is 0 Å². The molecule has 26 heavy (non-hydrogen) atoms. The Morgan fingerprint density at radius 2 is 1.88 bits per heavy atom. The standard InChI is InChI=1S/C19H20F2N2O3/c20-19(21)26-17-7-2-1-6-16(17)18(24)23-11-8-15(9-12-23)25-13-14-5-3-4-10-22-14/h1-7,10,15,19H,8-9,11-13H2. The summed E-state index contributed by atoms with van der Waals surface area (Å²) in [6.45, 7) is -1.51. The predicted octanol–water partition coefficient (Wildman–Crippen LogP) is 3.50. The summed E-state index contributed by atoms with van der Waals surface area (Å²) >= 11 is 0. The number of rotatable bonds is 6. The molecule has 0 atom stereocenters. The number of para-hydroxylation sites is 1. The SMILES string of the molecule is O=C(c1ccccc1OC(F)F)N1CCC(OCc2ccccn2)CC1. The maximum atomic E-state index is 12.6. The topological polar surface area (TPSA) is 51.7 Å². The van der Waals surface area contributed by atoms with Crippen molar-refractivity contribution < 1.29 is 23.0 Å². The molecule has 1 aromatic heterocycles. The Morgan fingerprint density at radius 3 is 2.58 bits per heavy atom. The van der Waals surface area contributed by atoms with E-state index in [-0.39, 0.29) is 23.3 Å². The zero-order valence-corrected chi connectivity index (χ0v) is 14.2. The molecule has 0 radical (unpaired) electrons. The van der Waals surface area contributed by atoms with Crippen LogP contribution in [0.15, 0.2) is 48.7 Å². The molecule has 2 aromatic rings. The van der Waals surface area contributed by atoms with E-state index in [0.717, 1.165) is 5.69 Å². The Morgan fingerprint density at radius 1 is 1.15 bits per heavy atom. The minimum Gasteiger partial charge on any atom is -0.434 e. The highest BCUT2D eigenvalue weighted by Crippen LogP contribution is 2.24. The van der Waals surface area contributed by atoms with Crippen LogP contribution in [0, 0.1) is 0 Å². The molecule has 0 unspecified atom stereocenters. The van der Waals surface area contributed by atoms with Crippen molar-refractivity contribution >= 4 is 5.91 Å². The number of ether oxygens (including phenoxy) is 2. The molecule has 0 spiro atoms. The summed E-state index contributed by atoms with van der Waals surface area (Å²) < 4.78 is 35.3. The van der Waals surface area contributed by atoms with Crippen LogP contribution in [-0.2, 0) is 11.3 Å². The molecule has 7 heteroatoms. The fraction of sp³-hybridized carbons (Fsp3) is 0.368. The van der Waals surface area contributed by atoms with Crippen LogP contribution in [0.3, 0.4) is 0 Å². The number of hydrogen-bond acceptors (Lipinski definition) is 4. The molecule has 1 aliphatic rings. The summed E-state index contributed by atoms with van der Waals surface area (Å²) in [7, 11) is 0. The summed E-state index contributed by atoms with van der Waals surface area (Å²) in [4.78, 5) is 18.5. The Balaban J connectivity index is 1.54. The molecule has 1 aromatic carbocycles. The molecule has 2 heterocycles. The van der Waals surface area contributed by atoms with Crippen LogP contribution in [-0.4, -0.2) is 41.6 Å². The van der Waals surface area contributed by atoms with E-state index in [1.165, 1.54) is 12.1 Å². The molecule has 0 N–H and O–H groups in total. The number of alkyl halides is 2. The first-order chi connectivity index (χ1) is 12.6. The van der Waals surface area contributed by atoms with E-state index in [9.17, 15) is 13.6 Å². The van der Waals surface area contributed by atoms with Crippen molar-refractivity contribution in [1.82, 2.24) is 9.88 Å². The summed E-state index contributed by atoms with van der Waals surface area (Å²) in [6.07, 6.45) is 3.15. The predicted molar refractivity (Wildman–Crippen MR) is 91.0 cm³/mol. The van der Waals surface area contributed by atoms with Gasteiger partial charge in [0.15, 0.2) is 0 Å². The number of carbonyl (C=O) groups excluding carboxylic acids is 1. The van der Waals surface area contributed by atoms with Crippen molar-refractivity contribution in [3.8, 4) is 5.75 Å². The van der Waals surface area contributed by atoms with E-state index in [2.05, 4.69) is 9.72 Å². The van der Waals surface area contributed by atoms with E-state index in [1.807, 2.05) is 18.2 Å². The third kappa shape index (κ3) is 4.76. The first kappa shape index (κ1) is 18.3. The van der Waals surface area contributed by atoms with Crippen LogP contribution >= 0.6 is 0 Å². The molecule has 5 nitrogen and oxygen atoms in total. The highest BCUT2D eigenvalue weighted by atomic mass is 19.3. The van der Waals surface area contributed by atoms with E-state index in [1.54, 1.807) is 23.2 Å². The lowest BCUT2D eigenvalue weighted by molar-refractivity contribution is -0.0503. The number of benzene rings is 1. The highest BCUT2D eigenvalue weighted by molar-refractivity contribution is 5.97. The molecule has 1 amide bonds. The molecular formula is C19H20F2N2O3. The lowest BCUT2D eigenvalue weighted by atomic mass is 10.1. The fourth-order valence-corrected chi connectivity index (χ4v) is 2.92. The third-order valence-corrected chi connectivity index (χ3v) is 4.26. The summed E-state index contributed by atoms with van der Waals surface area (Å²) in [5.41, 5.74) is 1.02. The quantitative estimate of drug-likeness (QED) is 0.789. The maximum Gasteiger partial charge on any atom is 0.387 e. The van der Waals surface area contributed by atoms with E-state index in [0.29, 0.717) is 32.5 Å². The van der Waals surface area contributed by atoms with Crippen molar-refractivity contribution in [3.05, 3.63) is 59.9 Å². The van der Waals surface area contributed by atoms with Crippen LogP contribution in [0.25, 0.3) is 0 Å². The number of hydrogen-bond donors (Lipinski definition) is 0. The molecule has 0 bridgehead atoms. The molecule has 0 saturated carbocycles. The van der Waals surface area contributed by atoms with Crippen molar-refractivity contribution in [2.24, 2.45) is 0 Å². The highest BCUT2D eigenvalue weighted by Gasteiger charge is 2.26. The Bertz CT molecular complexity index is 720. The fourth-order valence-electron chi connectivity index (χ4n) is 2.92. The van der Waals surface area contributed by atoms with Crippen LogP contribution in [0.5, 0.6) is 5.75 Å². The van der Waals surface area contributed by atoms with Crippen molar-refractivity contribution in [1.29, 1.82) is 0 Å². The van der Waals surface area contributed by atoms with Gasteiger partial charge in [0.25, 0.3) is 5.91 Å². The van der Waals surface area contributed by atoms with Gasteiger partial charge in [-0.15, -0.1) is 0 Å². The van der Waals surface area contributed by atoms with Crippen molar-refractivity contribution in [2.75, 3.05) is 13.1 Å². The monoisotopic (exact) mass is 362 g/mol. The first-order valence-electron chi connectivity index (χ1n) is 8.48. The number of carbonyl (C=O) groups is 1. The number of likely N-dealkylation sites (tertiary alicyclic amines) is 1. The Labute approximate surface area is 150 Å². The average Bonchev–Trinajstić information content (AvgIpc) is 2.67. The first-order valence-corrected chi connectivity index (χ1v) is 8.48. The largest absolute Gasteiger partial charge is 0.434 e. The minimum absolute atomic E-state index is 0.0496. The van der Waals surface area contributed by atoms with Gasteiger partial charge in [-0.3, -0.25) is 9.78 Å². The third-order valence-electron chi connectivity index (χ3n) is 4.26. The van der Waals surface area contributed by atoms with Gasteiger partial charge < -0.3 is 14.4 Å². The van der Waals surface area contributed by atoms with E-state index < -0.39 is 6.61 Å². The number of halogens is 2. The molecule has 138 valence electrons. The summed E-state index contributed by atoms with van der Waals surface area (Å²) in [5.74, 6) is -0.398. The number of pyridine rings is 1. The second-order valence-corrected chi connectivity index (χ2v) is 6.00. The second-order valence-electron chi connectivity index (χ2n) is 6.00. The van der Waals surface area contributed by atoms with Gasteiger partial charge in [-0.05, 0) is 37.1 Å². The van der Waals surface area contributed by atoms with Gasteiger partial charge in [-0.1, -0.05) is 18.2 Å². The zero-order chi connectivity index (χ0) is 18.4. The van der Waals surface area contributed by atoms with Gasteiger partial charge in [0, 0.05) is 19.3 Å². The molecule has 1 aliphatic heterocycles. The molecule has 3 rings (SSSR count). The number of piperidine rings is 1. The summed E-state index contributed by atoms with van der Waals surface area (Å²) in [5, 5.41) is 0. The summed E-state index contributed by atoms with van der Waals surface area (Å²) in [6, 6.07) is 11.7. The normalized spacial score (nSPS) is 15.3. The van der Waals surface area contributed by atoms with Gasteiger partial charge in [-0.25, -0.2) is 0 Å². The van der Waals surface area contributed by atoms with Gasteiger partial charge >= 0.3 is 6.61 Å². The lowest BCUT2D eigenvalue weighted by Crippen LogP contribution is -2.41. The van der Waals surface area contributed by atoms with Crippen molar-refractivity contribution in [3.63, 3.8) is 0 Å². The van der Waals surface area contributed by atoms with E-state index in [4.69, 9.17) is 4.74 Å². The minimum atomic E-state index is -2.96. The average molecular weight is 362 g/mol. The van der Waals surface area contributed by atoms with Gasteiger partial charge in [-0.2, -0.15) is 8.78 Å². The molecule has 0 aliphatic carbocycles. The molecule has 1 saturated heterocycles. The number of amides is 1. The van der Waals surface area contributed by atoms with Gasteiger partial charge in [0.05, 0.1) is 24.0 Å². The maximum absolute atomic E-state index is 12.6. The zero-order valence-electron chi connectivity index (χ0n) is 14.2. The Kier molecular flexibility index (Phi) is 6.12. The lowest BCUT2D eigenvalue weighted by Gasteiger charge is -2.32. The number of aromatic nitrogens is 1. The molecular weight excluding hydrogens is 342 g/mol. The van der Waals surface area contributed by atoms with Gasteiger partial charge in [0.2, 0.25) is 0 Å². The second kappa shape index (κ2) is 8.71. The van der Waals surface area contributed by atoms with Gasteiger partial charge in [0.1, 0.15) is 5.75 Å². The van der Waals surface area contributed by atoms with Crippen LogP contribution in [0.1, 0.15) is 28.9 Å². The Hall–Kier alpha value is -2.54. The van der Waals surface area contributed by atoms with Crippen molar-refractivity contribution in [2.45, 2.75) is 32.2 Å². The smallest absolute Gasteiger partial charge is 0.387 e. The molecule has 1 fully saturated rings. The van der Waals surface area contributed by atoms with Crippen LogP contribution < -0.4 is 4.74 Å². The van der Waals surface area contributed by atoms with Crippen LogP contribution in [0.2, 0.25) is 0 Å². The van der Waals surface area contributed by atoms with Crippen LogP contribution in [0.4, 0.5) is 8.78 Å². The number of nitrogens with zero attached hydrogens (tertiary/aromatic N) is 2.